The maximum absolute atomic E-state index is 11.3. The van der Waals surface area contributed by atoms with Gasteiger partial charge in [0.2, 0.25) is 5.91 Å². The number of rotatable bonds is 2. The standard InChI is InChI=1S/C9H11N3O2/c1-12-3-2-10-8(12)4-6-7(13)5-9(14)11-6/h2-3,6H,4-5H2,1H3,(H,11,14). The third-order valence-electron chi connectivity index (χ3n) is 2.37. The van der Waals surface area contributed by atoms with Crippen LogP contribution in [0.25, 0.3) is 0 Å². The summed E-state index contributed by atoms with van der Waals surface area (Å²) in [5, 5.41) is 2.63. The molecule has 1 unspecified atom stereocenters. The van der Waals surface area contributed by atoms with E-state index < -0.39 is 0 Å². The quantitative estimate of drug-likeness (QED) is 0.639. The molecule has 14 heavy (non-hydrogen) atoms. The second-order valence-electron chi connectivity index (χ2n) is 3.42. The van der Waals surface area contributed by atoms with E-state index in [1.165, 1.54) is 0 Å². The number of aryl methyl sites for hydroxylation is 1. The second kappa shape index (κ2) is 3.25. The molecule has 1 atom stereocenters. The fraction of sp³-hybridized carbons (Fsp3) is 0.444. The Kier molecular flexibility index (Phi) is 2.07. The van der Waals surface area contributed by atoms with Crippen molar-refractivity contribution < 1.29 is 9.59 Å². The van der Waals surface area contributed by atoms with E-state index in [0.29, 0.717) is 6.42 Å². The summed E-state index contributed by atoms with van der Waals surface area (Å²) in [6.07, 6.45) is 3.98. The normalized spacial score (nSPS) is 21.4. The fourth-order valence-electron chi connectivity index (χ4n) is 1.55. The fourth-order valence-corrected chi connectivity index (χ4v) is 1.55. The first kappa shape index (κ1) is 8.93. The molecular weight excluding hydrogens is 182 g/mol. The van der Waals surface area contributed by atoms with E-state index in [-0.39, 0.29) is 24.2 Å². The number of aromatic nitrogens is 2. The van der Waals surface area contributed by atoms with Gasteiger partial charge in [-0.05, 0) is 0 Å². The van der Waals surface area contributed by atoms with Crippen LogP contribution in [0, 0.1) is 0 Å². The molecule has 5 heteroatoms. The van der Waals surface area contributed by atoms with E-state index in [2.05, 4.69) is 10.3 Å². The molecule has 2 heterocycles. The van der Waals surface area contributed by atoms with Crippen molar-refractivity contribution in [1.82, 2.24) is 14.9 Å². The lowest BCUT2D eigenvalue weighted by atomic mass is 10.1. The molecule has 5 nitrogen and oxygen atoms in total. The van der Waals surface area contributed by atoms with Crippen LogP contribution in [0.4, 0.5) is 0 Å². The van der Waals surface area contributed by atoms with Crippen LogP contribution in [0.2, 0.25) is 0 Å². The Balaban J connectivity index is 2.09. The molecule has 1 aromatic rings. The Bertz CT molecular complexity index is 383. The third-order valence-corrected chi connectivity index (χ3v) is 2.37. The molecule has 74 valence electrons. The van der Waals surface area contributed by atoms with Crippen LogP contribution < -0.4 is 5.32 Å². The molecule has 1 N–H and O–H groups in total. The van der Waals surface area contributed by atoms with Crippen LogP contribution in [-0.4, -0.2) is 27.3 Å². The zero-order chi connectivity index (χ0) is 10.1. The Hall–Kier alpha value is -1.65. The van der Waals surface area contributed by atoms with Crippen LogP contribution in [0.3, 0.4) is 0 Å². The molecule has 1 aliphatic rings. The van der Waals surface area contributed by atoms with Crippen molar-refractivity contribution in [2.75, 3.05) is 0 Å². The molecular formula is C9H11N3O2. The molecule has 2 rings (SSSR count). The molecule has 0 saturated carbocycles. The molecule has 0 spiro atoms. The van der Waals surface area contributed by atoms with Crippen molar-refractivity contribution in [3.63, 3.8) is 0 Å². The highest BCUT2D eigenvalue weighted by Crippen LogP contribution is 2.08. The zero-order valence-electron chi connectivity index (χ0n) is 7.86. The van der Waals surface area contributed by atoms with Gasteiger partial charge in [-0.1, -0.05) is 0 Å². The lowest BCUT2D eigenvalue weighted by Crippen LogP contribution is -2.32. The van der Waals surface area contributed by atoms with Crippen molar-refractivity contribution in [2.24, 2.45) is 7.05 Å². The highest BCUT2D eigenvalue weighted by Gasteiger charge is 2.30. The monoisotopic (exact) mass is 193 g/mol. The summed E-state index contributed by atoms with van der Waals surface area (Å²) < 4.78 is 1.84. The van der Waals surface area contributed by atoms with Gasteiger partial charge in [0.15, 0.2) is 5.78 Å². The molecule has 1 fully saturated rings. The minimum absolute atomic E-state index is 0.00902. The summed E-state index contributed by atoms with van der Waals surface area (Å²) >= 11 is 0. The smallest absolute Gasteiger partial charge is 0.228 e. The highest BCUT2D eigenvalue weighted by atomic mass is 16.2. The summed E-state index contributed by atoms with van der Waals surface area (Å²) in [6.45, 7) is 0. The largest absolute Gasteiger partial charge is 0.345 e. The minimum Gasteiger partial charge on any atom is -0.345 e. The van der Waals surface area contributed by atoms with Gasteiger partial charge in [-0.25, -0.2) is 4.98 Å². The van der Waals surface area contributed by atoms with Gasteiger partial charge in [-0.3, -0.25) is 9.59 Å². The van der Waals surface area contributed by atoms with Crippen LogP contribution in [0.15, 0.2) is 12.4 Å². The van der Waals surface area contributed by atoms with E-state index in [4.69, 9.17) is 0 Å². The molecule has 0 aromatic carbocycles. The molecule has 0 aliphatic carbocycles. The van der Waals surface area contributed by atoms with Crippen molar-refractivity contribution >= 4 is 11.7 Å². The summed E-state index contributed by atoms with van der Waals surface area (Å²) in [6, 6.07) is -0.386. The SMILES string of the molecule is Cn1ccnc1CC1NC(=O)CC1=O. The highest BCUT2D eigenvalue weighted by molar-refractivity contribution is 6.07. The Labute approximate surface area is 81.1 Å². The maximum atomic E-state index is 11.3. The number of carbonyl (C=O) groups is 2. The number of hydrogen-bond acceptors (Lipinski definition) is 3. The van der Waals surface area contributed by atoms with E-state index >= 15 is 0 Å². The number of ketones is 1. The number of nitrogens with one attached hydrogen (secondary N) is 1. The van der Waals surface area contributed by atoms with Crippen LogP contribution in [0.5, 0.6) is 0 Å². The first-order valence-corrected chi connectivity index (χ1v) is 4.45. The van der Waals surface area contributed by atoms with Crippen LogP contribution in [-0.2, 0) is 23.1 Å². The van der Waals surface area contributed by atoms with E-state index in [9.17, 15) is 9.59 Å². The summed E-state index contributed by atoms with van der Waals surface area (Å²) in [4.78, 5) is 26.3. The van der Waals surface area contributed by atoms with Crippen LogP contribution in [0.1, 0.15) is 12.2 Å². The Morgan fingerprint density at radius 2 is 2.43 bits per heavy atom. The van der Waals surface area contributed by atoms with E-state index in [1.807, 2.05) is 17.8 Å². The predicted molar refractivity (Wildman–Crippen MR) is 48.5 cm³/mol. The van der Waals surface area contributed by atoms with Gasteiger partial charge in [0, 0.05) is 25.9 Å². The summed E-state index contributed by atoms with van der Waals surface area (Å²) in [5.74, 6) is 0.581. The van der Waals surface area contributed by atoms with Gasteiger partial charge in [0.1, 0.15) is 5.82 Å². The second-order valence-corrected chi connectivity index (χ2v) is 3.42. The average Bonchev–Trinajstić information content (AvgIpc) is 2.62. The van der Waals surface area contributed by atoms with Gasteiger partial charge in [0.25, 0.3) is 0 Å². The maximum Gasteiger partial charge on any atom is 0.228 e. The van der Waals surface area contributed by atoms with E-state index in [1.54, 1.807) is 6.20 Å². The summed E-state index contributed by atoms with van der Waals surface area (Å²) in [7, 11) is 1.86. The Morgan fingerprint density at radius 3 is 2.93 bits per heavy atom. The predicted octanol–water partition coefficient (Wildman–Crippen LogP) is -0.580. The third kappa shape index (κ3) is 1.53. The number of carbonyl (C=O) groups excluding carboxylic acids is 2. The van der Waals surface area contributed by atoms with Crippen molar-refractivity contribution in [3.05, 3.63) is 18.2 Å². The summed E-state index contributed by atoms with van der Waals surface area (Å²) in [5.41, 5.74) is 0. The number of Topliss-reactive ketones (excluding diaryl/α,β-unsaturated/α-hetero) is 1. The molecule has 1 aromatic heterocycles. The van der Waals surface area contributed by atoms with Gasteiger partial charge in [0.05, 0.1) is 12.5 Å². The van der Waals surface area contributed by atoms with Crippen molar-refractivity contribution in [3.8, 4) is 0 Å². The lowest BCUT2D eigenvalue weighted by Gasteiger charge is -2.07. The molecule has 0 bridgehead atoms. The number of nitrogens with zero attached hydrogens (tertiary/aromatic N) is 2. The van der Waals surface area contributed by atoms with Crippen LogP contribution >= 0.6 is 0 Å². The molecule has 1 aliphatic heterocycles. The van der Waals surface area contributed by atoms with Crippen molar-refractivity contribution in [2.45, 2.75) is 18.9 Å². The van der Waals surface area contributed by atoms with Gasteiger partial charge in [-0.15, -0.1) is 0 Å². The van der Waals surface area contributed by atoms with Gasteiger partial charge >= 0.3 is 0 Å². The lowest BCUT2D eigenvalue weighted by molar-refractivity contribution is -0.122. The first-order chi connectivity index (χ1) is 6.66. The molecule has 1 amide bonds. The Morgan fingerprint density at radius 1 is 1.64 bits per heavy atom. The van der Waals surface area contributed by atoms with Gasteiger partial charge in [-0.2, -0.15) is 0 Å². The number of amides is 1. The number of hydrogen-bond donors (Lipinski definition) is 1. The van der Waals surface area contributed by atoms with Gasteiger partial charge < -0.3 is 9.88 Å². The number of imidazole rings is 1. The molecule has 1 saturated heterocycles. The topological polar surface area (TPSA) is 64.0 Å². The average molecular weight is 193 g/mol. The minimum atomic E-state index is -0.386. The molecule has 0 radical (unpaired) electrons. The first-order valence-electron chi connectivity index (χ1n) is 4.45. The van der Waals surface area contributed by atoms with Crippen molar-refractivity contribution in [1.29, 1.82) is 0 Å². The zero-order valence-corrected chi connectivity index (χ0v) is 7.86. The van der Waals surface area contributed by atoms with E-state index in [0.717, 1.165) is 5.82 Å².